The first-order valence-electron chi connectivity index (χ1n) is 6.54. The van der Waals surface area contributed by atoms with Gasteiger partial charge in [-0.05, 0) is 29.9 Å². The van der Waals surface area contributed by atoms with E-state index in [2.05, 4.69) is 13.8 Å². The van der Waals surface area contributed by atoms with Crippen molar-refractivity contribution in [2.75, 3.05) is 6.61 Å². The van der Waals surface area contributed by atoms with Crippen LogP contribution in [0.2, 0.25) is 0 Å². The second-order valence-corrected chi connectivity index (χ2v) is 5.49. The van der Waals surface area contributed by atoms with Gasteiger partial charge in [-0.3, -0.25) is 0 Å². The molecule has 2 N–H and O–H groups in total. The van der Waals surface area contributed by atoms with Crippen molar-refractivity contribution >= 4 is 28.0 Å². The number of rotatable bonds is 5. The third-order valence-electron chi connectivity index (χ3n) is 3.10. The van der Waals surface area contributed by atoms with E-state index in [0.29, 0.717) is 10.9 Å². The molecule has 0 aliphatic rings. The lowest BCUT2D eigenvalue weighted by atomic mass is 10.0. The Morgan fingerprint density at radius 2 is 1.84 bits per heavy atom. The molecule has 19 heavy (non-hydrogen) atoms. The Balaban J connectivity index is 2.36. The third kappa shape index (κ3) is 3.24. The van der Waals surface area contributed by atoms with Gasteiger partial charge in [0.2, 0.25) is 0 Å². The van der Waals surface area contributed by atoms with E-state index in [0.717, 1.165) is 35.1 Å². The van der Waals surface area contributed by atoms with Crippen molar-refractivity contribution in [2.45, 2.75) is 20.3 Å². The maximum absolute atomic E-state index is 5.88. The topological polar surface area (TPSA) is 35.2 Å². The molecule has 100 valence electrons. The lowest BCUT2D eigenvalue weighted by Gasteiger charge is -2.12. The average molecular weight is 273 g/mol. The number of nitrogens with two attached hydrogens (primary N) is 1. The number of hydrogen-bond acceptors (Lipinski definition) is 2. The van der Waals surface area contributed by atoms with Gasteiger partial charge in [0, 0.05) is 10.9 Å². The zero-order valence-electron chi connectivity index (χ0n) is 11.3. The summed E-state index contributed by atoms with van der Waals surface area (Å²) < 4.78 is 5.88. The molecule has 0 aromatic heterocycles. The summed E-state index contributed by atoms with van der Waals surface area (Å²) in [4.78, 5) is 0.421. The second kappa shape index (κ2) is 6.02. The third-order valence-corrected chi connectivity index (χ3v) is 3.32. The molecule has 0 unspecified atom stereocenters. The van der Waals surface area contributed by atoms with Gasteiger partial charge in [0.05, 0.1) is 6.61 Å². The standard InChI is InChI=1S/C16H19NOS/c1-11(2)9-10-18-15-8-7-14(16(17)19)12-5-3-4-6-13(12)15/h3-8,11H,9-10H2,1-2H3,(H2,17,19). The summed E-state index contributed by atoms with van der Waals surface area (Å²) in [5.41, 5.74) is 6.66. The van der Waals surface area contributed by atoms with E-state index in [-0.39, 0.29) is 0 Å². The molecule has 2 aromatic rings. The fraction of sp³-hybridized carbons (Fsp3) is 0.312. The summed E-state index contributed by atoms with van der Waals surface area (Å²) in [6, 6.07) is 12.0. The van der Waals surface area contributed by atoms with Crippen molar-refractivity contribution in [1.29, 1.82) is 0 Å². The van der Waals surface area contributed by atoms with E-state index in [1.165, 1.54) is 0 Å². The Labute approximate surface area is 119 Å². The molecule has 2 aromatic carbocycles. The van der Waals surface area contributed by atoms with E-state index in [1.807, 2.05) is 36.4 Å². The molecule has 0 fully saturated rings. The Morgan fingerprint density at radius 3 is 2.47 bits per heavy atom. The number of hydrogen-bond donors (Lipinski definition) is 1. The van der Waals surface area contributed by atoms with Crippen LogP contribution in [0.4, 0.5) is 0 Å². The van der Waals surface area contributed by atoms with Gasteiger partial charge in [-0.15, -0.1) is 0 Å². The molecule has 3 heteroatoms. The first-order valence-corrected chi connectivity index (χ1v) is 6.94. The van der Waals surface area contributed by atoms with Crippen LogP contribution in [0, 0.1) is 5.92 Å². The molecule has 0 saturated heterocycles. The number of ether oxygens (including phenoxy) is 1. The van der Waals surface area contributed by atoms with Gasteiger partial charge >= 0.3 is 0 Å². The SMILES string of the molecule is CC(C)CCOc1ccc(C(N)=S)c2ccccc12. The fourth-order valence-electron chi connectivity index (χ4n) is 2.02. The molecule has 0 bridgehead atoms. The molecule has 0 heterocycles. The van der Waals surface area contributed by atoms with E-state index < -0.39 is 0 Å². The van der Waals surface area contributed by atoms with Crippen molar-refractivity contribution < 1.29 is 4.74 Å². The summed E-state index contributed by atoms with van der Waals surface area (Å²) in [6.45, 7) is 5.11. The monoisotopic (exact) mass is 273 g/mol. The minimum Gasteiger partial charge on any atom is -0.493 e. The number of fused-ring (bicyclic) bond motifs is 1. The van der Waals surface area contributed by atoms with E-state index in [4.69, 9.17) is 22.7 Å². The van der Waals surface area contributed by atoms with E-state index in [1.54, 1.807) is 0 Å². The molecule has 0 atom stereocenters. The quantitative estimate of drug-likeness (QED) is 0.839. The first-order chi connectivity index (χ1) is 9.09. The highest BCUT2D eigenvalue weighted by Gasteiger charge is 2.08. The molecule has 0 aliphatic heterocycles. The van der Waals surface area contributed by atoms with Crippen LogP contribution in [0.25, 0.3) is 10.8 Å². The summed E-state index contributed by atoms with van der Waals surface area (Å²) in [5.74, 6) is 1.54. The maximum atomic E-state index is 5.88. The highest BCUT2D eigenvalue weighted by molar-refractivity contribution is 7.80. The number of benzene rings is 2. The lowest BCUT2D eigenvalue weighted by molar-refractivity contribution is 0.292. The van der Waals surface area contributed by atoms with Crippen molar-refractivity contribution in [1.82, 2.24) is 0 Å². The van der Waals surface area contributed by atoms with Crippen LogP contribution in [0.1, 0.15) is 25.8 Å². The van der Waals surface area contributed by atoms with Crippen LogP contribution in [0.15, 0.2) is 36.4 Å². The second-order valence-electron chi connectivity index (χ2n) is 5.05. The lowest BCUT2D eigenvalue weighted by Crippen LogP contribution is -2.10. The van der Waals surface area contributed by atoms with Crippen LogP contribution in [-0.4, -0.2) is 11.6 Å². The van der Waals surface area contributed by atoms with Gasteiger partial charge in [0.25, 0.3) is 0 Å². The molecule has 0 spiro atoms. The van der Waals surface area contributed by atoms with Gasteiger partial charge in [-0.2, -0.15) is 0 Å². The molecule has 2 nitrogen and oxygen atoms in total. The normalized spacial score (nSPS) is 10.9. The Morgan fingerprint density at radius 1 is 1.16 bits per heavy atom. The number of thiocarbonyl (C=S) groups is 1. The van der Waals surface area contributed by atoms with Crippen molar-refractivity contribution in [3.63, 3.8) is 0 Å². The first kappa shape index (κ1) is 13.8. The smallest absolute Gasteiger partial charge is 0.127 e. The molecule has 0 amide bonds. The van der Waals surface area contributed by atoms with Gasteiger partial charge in [-0.1, -0.05) is 50.3 Å². The zero-order valence-corrected chi connectivity index (χ0v) is 12.2. The van der Waals surface area contributed by atoms with Crippen molar-refractivity contribution in [3.8, 4) is 5.75 Å². The molecule has 0 radical (unpaired) electrons. The van der Waals surface area contributed by atoms with Crippen LogP contribution in [-0.2, 0) is 0 Å². The van der Waals surface area contributed by atoms with E-state index in [9.17, 15) is 0 Å². The molecule has 0 aliphatic carbocycles. The van der Waals surface area contributed by atoms with Crippen molar-refractivity contribution in [3.05, 3.63) is 42.0 Å². The van der Waals surface area contributed by atoms with Gasteiger partial charge < -0.3 is 10.5 Å². The van der Waals surface area contributed by atoms with E-state index >= 15 is 0 Å². The highest BCUT2D eigenvalue weighted by atomic mass is 32.1. The summed E-state index contributed by atoms with van der Waals surface area (Å²) in [6.07, 6.45) is 1.05. The predicted molar refractivity (Wildman–Crippen MR) is 84.8 cm³/mol. The maximum Gasteiger partial charge on any atom is 0.127 e. The molecule has 0 saturated carbocycles. The van der Waals surface area contributed by atoms with Crippen LogP contribution >= 0.6 is 12.2 Å². The van der Waals surface area contributed by atoms with Crippen LogP contribution in [0.5, 0.6) is 5.75 Å². The van der Waals surface area contributed by atoms with Gasteiger partial charge in [-0.25, -0.2) is 0 Å². The minimum absolute atomic E-state index is 0.421. The molecule has 2 rings (SSSR count). The van der Waals surface area contributed by atoms with Gasteiger partial charge in [0.1, 0.15) is 10.7 Å². The van der Waals surface area contributed by atoms with Crippen LogP contribution < -0.4 is 10.5 Å². The highest BCUT2D eigenvalue weighted by Crippen LogP contribution is 2.28. The van der Waals surface area contributed by atoms with Crippen LogP contribution in [0.3, 0.4) is 0 Å². The predicted octanol–water partition coefficient (Wildman–Crippen LogP) is 3.90. The largest absolute Gasteiger partial charge is 0.493 e. The summed E-state index contributed by atoms with van der Waals surface area (Å²) in [7, 11) is 0. The summed E-state index contributed by atoms with van der Waals surface area (Å²) in [5, 5.41) is 2.12. The Bertz CT molecular complexity index is 592. The Kier molecular flexibility index (Phi) is 4.38. The molecular weight excluding hydrogens is 254 g/mol. The summed E-state index contributed by atoms with van der Waals surface area (Å²) >= 11 is 5.09. The minimum atomic E-state index is 0.421. The van der Waals surface area contributed by atoms with Crippen molar-refractivity contribution in [2.24, 2.45) is 11.7 Å². The zero-order chi connectivity index (χ0) is 13.8. The fourth-order valence-corrected chi connectivity index (χ4v) is 2.19. The van der Waals surface area contributed by atoms with Gasteiger partial charge in [0.15, 0.2) is 0 Å². The molecular formula is C16H19NOS. The Hall–Kier alpha value is -1.61. The average Bonchev–Trinajstić information content (AvgIpc) is 2.38.